The number of anilines is 2. The van der Waals surface area contributed by atoms with Crippen LogP contribution in [-0.2, 0) is 4.74 Å². The third-order valence-corrected chi connectivity index (χ3v) is 4.65. The molecular weight excluding hydrogens is 370 g/mol. The first-order valence-corrected chi connectivity index (χ1v) is 9.45. The van der Waals surface area contributed by atoms with E-state index in [1.165, 1.54) is 6.07 Å². The lowest BCUT2D eigenvalue weighted by Gasteiger charge is -2.40. The van der Waals surface area contributed by atoms with Gasteiger partial charge in [0.25, 0.3) is 0 Å². The van der Waals surface area contributed by atoms with Crippen molar-refractivity contribution in [3.63, 3.8) is 0 Å². The van der Waals surface area contributed by atoms with E-state index in [-0.39, 0.29) is 18.6 Å². The van der Waals surface area contributed by atoms with E-state index in [1.807, 2.05) is 35.2 Å². The first-order chi connectivity index (χ1) is 14.0. The topological polar surface area (TPSA) is 107 Å². The standard InChI is InChI=1S/C21H23N5O3/c1-3-29-20(27)18-9-16(10-22)19(24-14(18)2)26-12-15(13-26)11-23-21(28)25-17-7-5-4-6-8-17/h4-9,15H,3,11-13H2,1-2H3,(H2,23,25,28). The number of rotatable bonds is 6. The van der Waals surface area contributed by atoms with Crippen molar-refractivity contribution >= 4 is 23.5 Å². The van der Waals surface area contributed by atoms with E-state index < -0.39 is 5.97 Å². The van der Waals surface area contributed by atoms with Crippen LogP contribution in [0.3, 0.4) is 0 Å². The van der Waals surface area contributed by atoms with E-state index >= 15 is 0 Å². The Bertz CT molecular complexity index is 933. The van der Waals surface area contributed by atoms with Crippen LogP contribution in [-0.4, -0.2) is 43.2 Å². The van der Waals surface area contributed by atoms with Crippen molar-refractivity contribution in [1.29, 1.82) is 5.26 Å². The molecule has 2 heterocycles. The van der Waals surface area contributed by atoms with Crippen LogP contribution >= 0.6 is 0 Å². The third kappa shape index (κ3) is 4.82. The zero-order chi connectivity index (χ0) is 20.8. The summed E-state index contributed by atoms with van der Waals surface area (Å²) < 4.78 is 5.01. The van der Waals surface area contributed by atoms with Crippen LogP contribution in [0.15, 0.2) is 36.4 Å². The highest BCUT2D eigenvalue weighted by Gasteiger charge is 2.30. The second kappa shape index (κ2) is 9.06. The van der Waals surface area contributed by atoms with Gasteiger partial charge in [-0.25, -0.2) is 14.6 Å². The van der Waals surface area contributed by atoms with Crippen LogP contribution in [0, 0.1) is 24.2 Å². The number of carbonyl (C=O) groups is 2. The number of carbonyl (C=O) groups excluding carboxylic acids is 2. The molecule has 29 heavy (non-hydrogen) atoms. The van der Waals surface area contributed by atoms with E-state index in [1.54, 1.807) is 13.8 Å². The molecule has 2 N–H and O–H groups in total. The van der Waals surface area contributed by atoms with Crippen molar-refractivity contribution in [2.45, 2.75) is 13.8 Å². The molecule has 0 unspecified atom stereocenters. The van der Waals surface area contributed by atoms with Crippen LogP contribution in [0.5, 0.6) is 0 Å². The summed E-state index contributed by atoms with van der Waals surface area (Å²) in [6.45, 7) is 5.59. The van der Waals surface area contributed by atoms with Crippen molar-refractivity contribution in [3.05, 3.63) is 53.2 Å². The van der Waals surface area contributed by atoms with Gasteiger partial charge in [-0.2, -0.15) is 5.26 Å². The lowest BCUT2D eigenvalue weighted by atomic mass is 9.99. The fraction of sp³-hybridized carbons (Fsp3) is 0.333. The molecule has 0 bridgehead atoms. The van der Waals surface area contributed by atoms with E-state index in [9.17, 15) is 14.9 Å². The molecule has 0 spiro atoms. The molecule has 150 valence electrons. The predicted molar refractivity (Wildman–Crippen MR) is 109 cm³/mol. The van der Waals surface area contributed by atoms with Crippen LogP contribution in [0.4, 0.5) is 16.3 Å². The van der Waals surface area contributed by atoms with Gasteiger partial charge in [0.15, 0.2) is 0 Å². The summed E-state index contributed by atoms with van der Waals surface area (Å²) in [5.74, 6) is 0.341. The molecule has 1 aromatic carbocycles. The number of hydrogen-bond donors (Lipinski definition) is 2. The predicted octanol–water partition coefficient (Wildman–Crippen LogP) is 2.70. The first-order valence-electron chi connectivity index (χ1n) is 9.45. The summed E-state index contributed by atoms with van der Waals surface area (Å²) >= 11 is 0. The van der Waals surface area contributed by atoms with Crippen LogP contribution in [0.1, 0.15) is 28.5 Å². The molecule has 2 amide bonds. The van der Waals surface area contributed by atoms with Gasteiger partial charge in [-0.3, -0.25) is 0 Å². The van der Waals surface area contributed by atoms with Crippen LogP contribution in [0.25, 0.3) is 0 Å². The van der Waals surface area contributed by atoms with Gasteiger partial charge in [-0.15, -0.1) is 0 Å². The summed E-state index contributed by atoms with van der Waals surface area (Å²) in [5, 5.41) is 15.1. The quantitative estimate of drug-likeness (QED) is 0.731. The fourth-order valence-corrected chi connectivity index (χ4v) is 3.14. The Hall–Kier alpha value is -3.60. The molecule has 0 saturated carbocycles. The highest BCUT2D eigenvalue weighted by atomic mass is 16.5. The number of nitrogens with zero attached hydrogens (tertiary/aromatic N) is 3. The Morgan fingerprint density at radius 2 is 2.03 bits per heavy atom. The maximum absolute atomic E-state index is 12.0. The minimum atomic E-state index is -0.476. The number of nitriles is 1. The molecule has 1 aromatic heterocycles. The van der Waals surface area contributed by atoms with Crippen molar-refractivity contribution < 1.29 is 14.3 Å². The number of nitrogens with one attached hydrogen (secondary N) is 2. The Kier molecular flexibility index (Phi) is 6.29. The molecule has 1 aliphatic heterocycles. The van der Waals surface area contributed by atoms with Gasteiger partial charge in [0.05, 0.1) is 23.4 Å². The average molecular weight is 393 g/mol. The largest absolute Gasteiger partial charge is 0.462 e. The average Bonchev–Trinajstić information content (AvgIpc) is 2.67. The molecule has 0 radical (unpaired) electrons. The number of benzene rings is 1. The molecule has 1 saturated heterocycles. The lowest BCUT2D eigenvalue weighted by molar-refractivity contribution is 0.0525. The van der Waals surface area contributed by atoms with E-state index in [0.29, 0.717) is 42.3 Å². The van der Waals surface area contributed by atoms with Gasteiger partial charge in [0.2, 0.25) is 0 Å². The molecule has 0 atom stereocenters. The Morgan fingerprint density at radius 1 is 1.31 bits per heavy atom. The van der Waals surface area contributed by atoms with E-state index in [0.717, 1.165) is 5.69 Å². The minimum absolute atomic E-state index is 0.250. The number of para-hydroxylation sites is 1. The number of amides is 2. The number of pyridine rings is 1. The van der Waals surface area contributed by atoms with Gasteiger partial charge < -0.3 is 20.3 Å². The van der Waals surface area contributed by atoms with Crippen molar-refractivity contribution in [3.8, 4) is 6.07 Å². The summed E-state index contributed by atoms with van der Waals surface area (Å²) in [6, 6.07) is 12.6. The molecular formula is C21H23N5O3. The summed E-state index contributed by atoms with van der Waals surface area (Å²) in [7, 11) is 0. The van der Waals surface area contributed by atoms with E-state index in [4.69, 9.17) is 4.74 Å². The van der Waals surface area contributed by atoms with Crippen LogP contribution in [0.2, 0.25) is 0 Å². The number of esters is 1. The number of aryl methyl sites for hydroxylation is 1. The lowest BCUT2D eigenvalue weighted by Crippen LogP contribution is -2.52. The second-order valence-corrected chi connectivity index (χ2v) is 6.80. The van der Waals surface area contributed by atoms with Gasteiger partial charge in [0.1, 0.15) is 11.9 Å². The normalized spacial score (nSPS) is 13.2. The maximum atomic E-state index is 12.0. The monoisotopic (exact) mass is 393 g/mol. The summed E-state index contributed by atoms with van der Waals surface area (Å²) in [6.07, 6.45) is 0. The zero-order valence-electron chi connectivity index (χ0n) is 16.4. The fourth-order valence-electron chi connectivity index (χ4n) is 3.14. The maximum Gasteiger partial charge on any atom is 0.340 e. The smallest absolute Gasteiger partial charge is 0.340 e. The Balaban J connectivity index is 1.55. The molecule has 0 aliphatic carbocycles. The van der Waals surface area contributed by atoms with E-state index in [2.05, 4.69) is 21.7 Å². The van der Waals surface area contributed by atoms with Gasteiger partial charge in [-0.05, 0) is 32.0 Å². The minimum Gasteiger partial charge on any atom is -0.462 e. The molecule has 8 heteroatoms. The molecule has 3 rings (SSSR count). The van der Waals surface area contributed by atoms with Crippen molar-refractivity contribution in [2.75, 3.05) is 36.5 Å². The van der Waals surface area contributed by atoms with Gasteiger partial charge in [-0.1, -0.05) is 18.2 Å². The van der Waals surface area contributed by atoms with Gasteiger partial charge >= 0.3 is 12.0 Å². The number of urea groups is 1. The number of aromatic nitrogens is 1. The van der Waals surface area contributed by atoms with Crippen LogP contribution < -0.4 is 15.5 Å². The molecule has 2 aromatic rings. The molecule has 8 nitrogen and oxygen atoms in total. The highest BCUT2D eigenvalue weighted by Crippen LogP contribution is 2.27. The number of ether oxygens (including phenoxy) is 1. The Labute approximate surface area is 169 Å². The van der Waals surface area contributed by atoms with Crippen molar-refractivity contribution in [2.24, 2.45) is 5.92 Å². The first kappa shape index (κ1) is 20.1. The van der Waals surface area contributed by atoms with Crippen molar-refractivity contribution in [1.82, 2.24) is 10.3 Å². The zero-order valence-corrected chi connectivity index (χ0v) is 16.4. The third-order valence-electron chi connectivity index (χ3n) is 4.65. The molecule has 1 fully saturated rings. The summed E-state index contributed by atoms with van der Waals surface area (Å²) in [5.41, 5.74) is 1.91. The summed E-state index contributed by atoms with van der Waals surface area (Å²) in [4.78, 5) is 30.4. The SMILES string of the molecule is CCOC(=O)c1cc(C#N)c(N2CC(CNC(=O)Nc3ccccc3)C2)nc1C. The molecule has 1 aliphatic rings. The Morgan fingerprint density at radius 3 is 2.69 bits per heavy atom. The van der Waals surface area contributed by atoms with Gasteiger partial charge in [0, 0.05) is 31.2 Å². The second-order valence-electron chi connectivity index (χ2n) is 6.80. The highest BCUT2D eigenvalue weighted by molar-refractivity contribution is 5.91. The number of hydrogen-bond acceptors (Lipinski definition) is 6.